The summed E-state index contributed by atoms with van der Waals surface area (Å²) < 4.78 is 46.3. The zero-order valence-corrected chi connectivity index (χ0v) is 17.5. The summed E-state index contributed by atoms with van der Waals surface area (Å²) in [4.78, 5) is 12.0. The van der Waals surface area contributed by atoms with Crippen LogP contribution in [0.5, 0.6) is 0 Å². The summed E-state index contributed by atoms with van der Waals surface area (Å²) in [5, 5.41) is 10.4. The number of hydrogen-bond donors (Lipinski definition) is 0. The second kappa shape index (κ2) is 8.86. The normalized spacial score (nSPS) is 12.1. The number of carbonyl (C=O) groups is 1. The molecule has 3 rings (SSSR count). The summed E-state index contributed by atoms with van der Waals surface area (Å²) >= 11 is 6.12. The molecular formula is C23H18ClF3N2O2. The third-order valence-electron chi connectivity index (χ3n) is 4.61. The van der Waals surface area contributed by atoms with Gasteiger partial charge in [-0.1, -0.05) is 23.2 Å². The van der Waals surface area contributed by atoms with Crippen LogP contribution in [-0.4, -0.2) is 17.1 Å². The van der Waals surface area contributed by atoms with Gasteiger partial charge in [-0.05, 0) is 55.8 Å². The monoisotopic (exact) mass is 446 g/mol. The highest BCUT2D eigenvalue weighted by Crippen LogP contribution is 2.32. The molecule has 1 heterocycles. The molecule has 0 atom stereocenters. The van der Waals surface area contributed by atoms with E-state index in [9.17, 15) is 23.2 Å². The molecule has 1 aromatic heterocycles. The van der Waals surface area contributed by atoms with E-state index in [0.717, 1.165) is 12.1 Å². The SMILES string of the molecule is CCOC(=O)/C(C#N)=C/c1cn(Cc2cc(C)cc(C(F)(F)F)c2)c2ccc(Cl)cc12. The number of esters is 1. The second-order valence-corrected chi connectivity index (χ2v) is 7.41. The number of alkyl halides is 3. The summed E-state index contributed by atoms with van der Waals surface area (Å²) in [6.07, 6.45) is -1.38. The molecule has 160 valence electrons. The number of aryl methyl sites for hydroxylation is 1. The number of halogens is 4. The molecule has 4 nitrogen and oxygen atoms in total. The summed E-state index contributed by atoms with van der Waals surface area (Å²) in [7, 11) is 0. The van der Waals surface area contributed by atoms with Gasteiger partial charge in [0.2, 0.25) is 0 Å². The maximum atomic E-state index is 13.2. The maximum Gasteiger partial charge on any atom is 0.416 e. The van der Waals surface area contributed by atoms with Gasteiger partial charge in [0.1, 0.15) is 11.6 Å². The minimum atomic E-state index is -4.44. The molecule has 0 saturated carbocycles. The minimum absolute atomic E-state index is 0.125. The molecule has 0 spiro atoms. The Hall–Kier alpha value is -3.24. The van der Waals surface area contributed by atoms with Crippen LogP contribution in [0.4, 0.5) is 13.2 Å². The van der Waals surface area contributed by atoms with Crippen molar-refractivity contribution in [1.29, 1.82) is 5.26 Å². The van der Waals surface area contributed by atoms with Crippen LogP contribution in [0.3, 0.4) is 0 Å². The van der Waals surface area contributed by atoms with Crippen molar-refractivity contribution in [2.45, 2.75) is 26.6 Å². The summed E-state index contributed by atoms with van der Waals surface area (Å²) in [6.45, 7) is 3.53. The molecule has 0 saturated heterocycles. The predicted octanol–water partition coefficient (Wildman–Crippen LogP) is 6.14. The van der Waals surface area contributed by atoms with E-state index < -0.39 is 17.7 Å². The van der Waals surface area contributed by atoms with E-state index in [1.807, 2.05) is 6.07 Å². The first-order valence-electron chi connectivity index (χ1n) is 9.37. The molecule has 0 radical (unpaired) electrons. The van der Waals surface area contributed by atoms with Gasteiger partial charge in [-0.3, -0.25) is 0 Å². The Morgan fingerprint density at radius 2 is 2.00 bits per heavy atom. The number of benzene rings is 2. The van der Waals surface area contributed by atoms with Crippen LogP contribution < -0.4 is 0 Å². The quantitative estimate of drug-likeness (QED) is 0.269. The van der Waals surface area contributed by atoms with Crippen molar-refractivity contribution in [3.8, 4) is 6.07 Å². The zero-order chi connectivity index (χ0) is 22.8. The van der Waals surface area contributed by atoms with Crippen LogP contribution in [-0.2, 0) is 22.3 Å². The maximum absolute atomic E-state index is 13.2. The van der Waals surface area contributed by atoms with E-state index in [2.05, 4.69) is 0 Å². The van der Waals surface area contributed by atoms with Gasteiger partial charge in [0, 0.05) is 34.2 Å². The number of carbonyl (C=O) groups excluding carboxylic acids is 1. The van der Waals surface area contributed by atoms with Crippen LogP contribution in [0, 0.1) is 18.3 Å². The second-order valence-electron chi connectivity index (χ2n) is 6.97. The van der Waals surface area contributed by atoms with Gasteiger partial charge in [-0.25, -0.2) is 4.79 Å². The lowest BCUT2D eigenvalue weighted by molar-refractivity contribution is -0.138. The first-order valence-corrected chi connectivity index (χ1v) is 9.75. The van der Waals surface area contributed by atoms with Crippen molar-refractivity contribution in [2.75, 3.05) is 6.61 Å². The van der Waals surface area contributed by atoms with Gasteiger partial charge in [-0.2, -0.15) is 18.4 Å². The van der Waals surface area contributed by atoms with Crippen LogP contribution in [0.25, 0.3) is 17.0 Å². The molecule has 0 N–H and O–H groups in total. The van der Waals surface area contributed by atoms with E-state index in [1.165, 1.54) is 6.08 Å². The van der Waals surface area contributed by atoms with Crippen LogP contribution in [0.2, 0.25) is 5.02 Å². The van der Waals surface area contributed by atoms with Gasteiger partial charge >= 0.3 is 12.1 Å². The Labute approximate surface area is 182 Å². The molecule has 3 aromatic rings. The zero-order valence-electron chi connectivity index (χ0n) is 16.8. The summed E-state index contributed by atoms with van der Waals surface area (Å²) in [5.74, 6) is -0.749. The lowest BCUT2D eigenvalue weighted by Gasteiger charge is -2.12. The first-order chi connectivity index (χ1) is 14.6. The Bertz CT molecular complexity index is 1220. The predicted molar refractivity (Wildman–Crippen MR) is 112 cm³/mol. The minimum Gasteiger partial charge on any atom is -0.462 e. The van der Waals surface area contributed by atoms with Gasteiger partial charge in [-0.15, -0.1) is 0 Å². The molecule has 0 aliphatic rings. The number of fused-ring (bicyclic) bond motifs is 1. The molecule has 0 fully saturated rings. The van der Waals surface area contributed by atoms with Crippen molar-refractivity contribution in [3.05, 3.63) is 75.4 Å². The topological polar surface area (TPSA) is 55.0 Å². The standard InChI is InChI=1S/C23H18ClF3N2O2/c1-3-31-22(30)16(11-28)9-17-13-29(21-5-4-19(24)10-20(17)21)12-15-6-14(2)7-18(8-15)23(25,26)27/h4-10,13H,3,12H2,1-2H3/b16-9+. The van der Waals surface area contributed by atoms with E-state index >= 15 is 0 Å². The number of aromatic nitrogens is 1. The highest BCUT2D eigenvalue weighted by Gasteiger charge is 2.30. The molecule has 0 bridgehead atoms. The van der Waals surface area contributed by atoms with Crippen molar-refractivity contribution in [2.24, 2.45) is 0 Å². The van der Waals surface area contributed by atoms with Gasteiger partial charge < -0.3 is 9.30 Å². The third-order valence-corrected chi connectivity index (χ3v) is 4.84. The Morgan fingerprint density at radius 3 is 2.65 bits per heavy atom. The summed E-state index contributed by atoms with van der Waals surface area (Å²) in [6, 6.07) is 10.8. The van der Waals surface area contributed by atoms with E-state index in [0.29, 0.717) is 32.6 Å². The number of hydrogen-bond acceptors (Lipinski definition) is 3. The smallest absolute Gasteiger partial charge is 0.416 e. The average molecular weight is 447 g/mol. The van der Waals surface area contributed by atoms with E-state index in [1.54, 1.807) is 48.9 Å². The van der Waals surface area contributed by atoms with Crippen molar-refractivity contribution in [3.63, 3.8) is 0 Å². The molecule has 0 aliphatic heterocycles. The lowest BCUT2D eigenvalue weighted by atomic mass is 10.1. The van der Waals surface area contributed by atoms with Crippen LogP contribution in [0.15, 0.2) is 48.2 Å². The van der Waals surface area contributed by atoms with Gasteiger partial charge in [0.15, 0.2) is 0 Å². The fraction of sp³-hybridized carbons (Fsp3) is 0.217. The first kappa shape index (κ1) is 22.4. The Kier molecular flexibility index (Phi) is 6.42. The van der Waals surface area contributed by atoms with E-state index in [4.69, 9.17) is 16.3 Å². The molecule has 0 unspecified atom stereocenters. The van der Waals surface area contributed by atoms with Gasteiger partial charge in [0.05, 0.1) is 12.2 Å². The molecule has 8 heteroatoms. The molecule has 31 heavy (non-hydrogen) atoms. The highest BCUT2D eigenvalue weighted by atomic mass is 35.5. The van der Waals surface area contributed by atoms with Crippen molar-refractivity contribution in [1.82, 2.24) is 4.57 Å². The Morgan fingerprint density at radius 1 is 1.26 bits per heavy atom. The third kappa shape index (κ3) is 5.09. The number of rotatable bonds is 5. The molecular weight excluding hydrogens is 429 g/mol. The number of nitrogens with zero attached hydrogens (tertiary/aromatic N) is 2. The van der Waals surface area contributed by atoms with E-state index in [-0.39, 0.29) is 18.7 Å². The van der Waals surface area contributed by atoms with Crippen molar-refractivity contribution >= 4 is 34.5 Å². The molecule has 0 aliphatic carbocycles. The fourth-order valence-electron chi connectivity index (χ4n) is 3.36. The average Bonchev–Trinajstić information content (AvgIpc) is 3.01. The Balaban J connectivity index is 2.11. The fourth-order valence-corrected chi connectivity index (χ4v) is 3.53. The van der Waals surface area contributed by atoms with Crippen molar-refractivity contribution < 1.29 is 22.7 Å². The van der Waals surface area contributed by atoms with Crippen LogP contribution in [0.1, 0.15) is 29.2 Å². The molecule has 2 aromatic carbocycles. The molecule has 0 amide bonds. The lowest BCUT2D eigenvalue weighted by Crippen LogP contribution is -2.07. The number of nitriles is 1. The highest BCUT2D eigenvalue weighted by molar-refractivity contribution is 6.31. The van der Waals surface area contributed by atoms with Gasteiger partial charge in [0.25, 0.3) is 0 Å². The van der Waals surface area contributed by atoms with Crippen LogP contribution >= 0.6 is 11.6 Å². The largest absolute Gasteiger partial charge is 0.462 e. The summed E-state index contributed by atoms with van der Waals surface area (Å²) in [5.41, 5.74) is 1.31. The number of ether oxygens (including phenoxy) is 1.